The molecular formula is C14H21F. The van der Waals surface area contributed by atoms with Crippen molar-refractivity contribution in [1.82, 2.24) is 0 Å². The van der Waals surface area contributed by atoms with E-state index in [1.807, 2.05) is 32.9 Å². The zero-order valence-electron chi connectivity index (χ0n) is 10.6. The Labute approximate surface area is 92.5 Å². The maximum atomic E-state index is 14.2. The van der Waals surface area contributed by atoms with Gasteiger partial charge in [0.25, 0.3) is 0 Å². The Balaban J connectivity index is 3.42. The van der Waals surface area contributed by atoms with Crippen LogP contribution >= 0.6 is 0 Å². The summed E-state index contributed by atoms with van der Waals surface area (Å²) < 4.78 is 14.2. The van der Waals surface area contributed by atoms with Crippen LogP contribution in [-0.4, -0.2) is 0 Å². The van der Waals surface area contributed by atoms with E-state index < -0.39 is 0 Å². The highest BCUT2D eigenvalue weighted by atomic mass is 19.1. The lowest BCUT2D eigenvalue weighted by Gasteiger charge is -2.23. The second kappa shape index (κ2) is 3.96. The van der Waals surface area contributed by atoms with Gasteiger partial charge in [-0.1, -0.05) is 52.3 Å². The minimum atomic E-state index is -0.125. The van der Waals surface area contributed by atoms with Gasteiger partial charge >= 0.3 is 0 Å². The van der Waals surface area contributed by atoms with Crippen molar-refractivity contribution < 1.29 is 4.39 Å². The van der Waals surface area contributed by atoms with Crippen LogP contribution in [0.15, 0.2) is 12.1 Å². The first-order valence-electron chi connectivity index (χ1n) is 5.54. The number of benzene rings is 1. The molecular weight excluding hydrogens is 187 g/mol. The van der Waals surface area contributed by atoms with Crippen LogP contribution in [0.4, 0.5) is 4.39 Å². The summed E-state index contributed by atoms with van der Waals surface area (Å²) in [5.41, 5.74) is 2.68. The van der Waals surface area contributed by atoms with Gasteiger partial charge in [-0.05, 0) is 29.4 Å². The van der Waals surface area contributed by atoms with Crippen LogP contribution in [0.5, 0.6) is 0 Å². The third-order valence-corrected chi connectivity index (χ3v) is 2.68. The van der Waals surface area contributed by atoms with Crippen LogP contribution in [0.2, 0.25) is 0 Å². The van der Waals surface area contributed by atoms with E-state index in [-0.39, 0.29) is 17.2 Å². The molecule has 15 heavy (non-hydrogen) atoms. The van der Waals surface area contributed by atoms with Crippen LogP contribution in [0, 0.1) is 12.7 Å². The number of aryl methyl sites for hydroxylation is 1. The maximum absolute atomic E-state index is 14.2. The monoisotopic (exact) mass is 208 g/mol. The molecule has 0 aliphatic rings. The van der Waals surface area contributed by atoms with E-state index in [0.717, 1.165) is 16.7 Å². The summed E-state index contributed by atoms with van der Waals surface area (Å²) in [6.45, 7) is 12.2. The number of hydrogen-bond donors (Lipinski definition) is 0. The van der Waals surface area contributed by atoms with Gasteiger partial charge in [0, 0.05) is 0 Å². The third kappa shape index (κ3) is 2.58. The van der Waals surface area contributed by atoms with Gasteiger partial charge in [-0.25, -0.2) is 4.39 Å². The SMILES string of the molecule is Cc1cc(C(C)C)c(F)c(C(C)(C)C)c1. The first kappa shape index (κ1) is 12.2. The maximum Gasteiger partial charge on any atom is 0.130 e. The minimum Gasteiger partial charge on any atom is -0.206 e. The molecule has 1 aromatic rings. The molecule has 0 unspecified atom stereocenters. The van der Waals surface area contributed by atoms with E-state index in [0.29, 0.717) is 0 Å². The van der Waals surface area contributed by atoms with Crippen molar-refractivity contribution in [2.24, 2.45) is 0 Å². The lowest BCUT2D eigenvalue weighted by Crippen LogP contribution is -2.15. The van der Waals surface area contributed by atoms with E-state index >= 15 is 0 Å². The van der Waals surface area contributed by atoms with E-state index in [2.05, 4.69) is 20.8 Å². The molecule has 0 radical (unpaired) electrons. The van der Waals surface area contributed by atoms with Crippen LogP contribution in [-0.2, 0) is 5.41 Å². The van der Waals surface area contributed by atoms with Crippen molar-refractivity contribution in [3.05, 3.63) is 34.6 Å². The largest absolute Gasteiger partial charge is 0.206 e. The van der Waals surface area contributed by atoms with Crippen LogP contribution in [0.25, 0.3) is 0 Å². The van der Waals surface area contributed by atoms with E-state index in [4.69, 9.17) is 0 Å². The molecule has 0 amide bonds. The fourth-order valence-electron chi connectivity index (χ4n) is 1.76. The minimum absolute atomic E-state index is 0.0249. The first-order valence-corrected chi connectivity index (χ1v) is 5.54. The molecule has 0 atom stereocenters. The van der Waals surface area contributed by atoms with Crippen LogP contribution < -0.4 is 0 Å². The molecule has 0 aromatic heterocycles. The topological polar surface area (TPSA) is 0 Å². The van der Waals surface area contributed by atoms with Crippen LogP contribution in [0.3, 0.4) is 0 Å². The molecule has 0 fully saturated rings. The smallest absolute Gasteiger partial charge is 0.130 e. The van der Waals surface area contributed by atoms with Gasteiger partial charge in [0.15, 0.2) is 0 Å². The standard InChI is InChI=1S/C14H21F/c1-9(2)11-7-10(3)8-12(13(11)15)14(4,5)6/h7-9H,1-6H3. The second-order valence-electron chi connectivity index (χ2n) is 5.62. The number of halogens is 1. The van der Waals surface area contributed by atoms with E-state index in [1.165, 1.54) is 0 Å². The van der Waals surface area contributed by atoms with Gasteiger partial charge in [0.2, 0.25) is 0 Å². The summed E-state index contributed by atoms with van der Waals surface area (Å²) in [6.07, 6.45) is 0. The predicted molar refractivity (Wildman–Crippen MR) is 63.9 cm³/mol. The highest BCUT2D eigenvalue weighted by Crippen LogP contribution is 2.31. The molecule has 84 valence electrons. The summed E-state index contributed by atoms with van der Waals surface area (Å²) in [7, 11) is 0. The lowest BCUT2D eigenvalue weighted by atomic mass is 9.83. The summed E-state index contributed by atoms with van der Waals surface area (Å²) in [5, 5.41) is 0. The Morgan fingerprint density at radius 1 is 1.13 bits per heavy atom. The first-order chi connectivity index (χ1) is 6.73. The fraction of sp³-hybridized carbons (Fsp3) is 0.571. The molecule has 0 heterocycles. The summed E-state index contributed by atoms with van der Waals surface area (Å²) in [5.74, 6) is 0.217. The summed E-state index contributed by atoms with van der Waals surface area (Å²) in [4.78, 5) is 0. The average molecular weight is 208 g/mol. The van der Waals surface area contributed by atoms with Gasteiger partial charge in [-0.2, -0.15) is 0 Å². The van der Waals surface area contributed by atoms with Gasteiger partial charge in [-0.15, -0.1) is 0 Å². The molecule has 1 aromatic carbocycles. The number of rotatable bonds is 1. The summed E-state index contributed by atoms with van der Waals surface area (Å²) in [6, 6.07) is 3.91. The second-order valence-corrected chi connectivity index (χ2v) is 5.62. The fourth-order valence-corrected chi connectivity index (χ4v) is 1.76. The van der Waals surface area contributed by atoms with E-state index in [1.54, 1.807) is 0 Å². The van der Waals surface area contributed by atoms with Crippen molar-refractivity contribution in [2.45, 2.75) is 52.9 Å². The Kier molecular flexibility index (Phi) is 3.22. The van der Waals surface area contributed by atoms with Crippen molar-refractivity contribution >= 4 is 0 Å². The van der Waals surface area contributed by atoms with Gasteiger partial charge in [0.05, 0.1) is 0 Å². The predicted octanol–water partition coefficient (Wildman–Crippen LogP) is 4.56. The molecule has 1 heteroatoms. The van der Waals surface area contributed by atoms with Crippen molar-refractivity contribution in [3.63, 3.8) is 0 Å². The molecule has 1 rings (SSSR count). The summed E-state index contributed by atoms with van der Waals surface area (Å²) >= 11 is 0. The van der Waals surface area contributed by atoms with Gasteiger partial charge in [-0.3, -0.25) is 0 Å². The van der Waals surface area contributed by atoms with Crippen molar-refractivity contribution in [2.75, 3.05) is 0 Å². The van der Waals surface area contributed by atoms with Gasteiger partial charge < -0.3 is 0 Å². The molecule has 0 N–H and O–H groups in total. The van der Waals surface area contributed by atoms with Gasteiger partial charge in [0.1, 0.15) is 5.82 Å². The van der Waals surface area contributed by atoms with Crippen molar-refractivity contribution in [3.8, 4) is 0 Å². The highest BCUT2D eigenvalue weighted by Gasteiger charge is 2.21. The number of hydrogen-bond acceptors (Lipinski definition) is 0. The Hall–Kier alpha value is -0.850. The Bertz CT molecular complexity index is 356. The zero-order chi connectivity index (χ0) is 11.8. The zero-order valence-corrected chi connectivity index (χ0v) is 10.6. The molecule has 0 aliphatic heterocycles. The molecule has 0 bridgehead atoms. The average Bonchev–Trinajstić information content (AvgIpc) is 2.06. The lowest BCUT2D eigenvalue weighted by molar-refractivity contribution is 0.510. The van der Waals surface area contributed by atoms with E-state index in [9.17, 15) is 4.39 Å². The van der Waals surface area contributed by atoms with Crippen LogP contribution in [0.1, 0.15) is 57.2 Å². The molecule has 0 nitrogen and oxygen atoms in total. The molecule has 0 spiro atoms. The molecule has 0 saturated heterocycles. The molecule has 0 saturated carbocycles. The molecule has 0 aliphatic carbocycles. The Morgan fingerprint density at radius 2 is 1.67 bits per heavy atom. The quantitative estimate of drug-likeness (QED) is 0.635. The van der Waals surface area contributed by atoms with Crippen molar-refractivity contribution in [1.29, 1.82) is 0 Å². The highest BCUT2D eigenvalue weighted by molar-refractivity contribution is 5.36. The normalized spacial score (nSPS) is 12.3. The third-order valence-electron chi connectivity index (χ3n) is 2.68. The Morgan fingerprint density at radius 3 is 2.07 bits per heavy atom.